The molecule has 19 heavy (non-hydrogen) atoms. The highest BCUT2D eigenvalue weighted by molar-refractivity contribution is 7.10. The molecule has 0 aromatic carbocycles. The molecule has 1 aliphatic rings. The highest BCUT2D eigenvalue weighted by Crippen LogP contribution is 2.21. The highest BCUT2D eigenvalue weighted by atomic mass is 32.1. The van der Waals surface area contributed by atoms with Crippen LogP contribution in [0.3, 0.4) is 0 Å². The van der Waals surface area contributed by atoms with E-state index < -0.39 is 0 Å². The molecule has 1 unspecified atom stereocenters. The first-order valence-electron chi connectivity index (χ1n) is 6.84. The minimum atomic E-state index is 0.429. The number of likely N-dealkylation sites (N-methyl/N-ethyl adjacent to an activating group) is 2. The fraction of sp³-hybridized carbons (Fsp3) is 0.600. The zero-order chi connectivity index (χ0) is 13.7. The maximum atomic E-state index is 5.44. The maximum Gasteiger partial charge on any atom is 0.0555 e. The minimum absolute atomic E-state index is 0.429. The molecule has 1 saturated heterocycles. The molecule has 1 atom stereocenters. The van der Waals surface area contributed by atoms with Crippen LogP contribution in [0.2, 0.25) is 0 Å². The number of likely N-dealkylation sites (tertiary alicyclic amines) is 1. The van der Waals surface area contributed by atoms with E-state index in [1.165, 1.54) is 30.8 Å². The number of nitrogens with two attached hydrogens (primary N) is 1. The molecule has 0 radical (unpaired) electrons. The van der Waals surface area contributed by atoms with Crippen LogP contribution >= 0.6 is 11.3 Å². The summed E-state index contributed by atoms with van der Waals surface area (Å²) in [7, 11) is 4.44. The van der Waals surface area contributed by atoms with Crippen LogP contribution < -0.4 is 5.73 Å². The zero-order valence-corrected chi connectivity index (χ0v) is 12.7. The second kappa shape index (κ2) is 7.06. The molecular formula is C15H23N3S. The fourth-order valence-corrected chi connectivity index (χ4v) is 3.47. The van der Waals surface area contributed by atoms with Gasteiger partial charge in [0.25, 0.3) is 0 Å². The predicted molar refractivity (Wildman–Crippen MR) is 82.2 cm³/mol. The lowest BCUT2D eigenvalue weighted by molar-refractivity contribution is 0.130. The van der Waals surface area contributed by atoms with E-state index in [1.807, 2.05) is 0 Å². The van der Waals surface area contributed by atoms with Crippen LogP contribution in [0.15, 0.2) is 11.4 Å². The van der Waals surface area contributed by atoms with Gasteiger partial charge < -0.3 is 10.6 Å². The first kappa shape index (κ1) is 14.5. The van der Waals surface area contributed by atoms with E-state index in [-0.39, 0.29) is 0 Å². The lowest BCUT2D eigenvalue weighted by Crippen LogP contribution is -2.44. The first-order valence-corrected chi connectivity index (χ1v) is 7.72. The van der Waals surface area contributed by atoms with Crippen molar-refractivity contribution in [3.8, 4) is 11.8 Å². The summed E-state index contributed by atoms with van der Waals surface area (Å²) in [6, 6.07) is 2.76. The van der Waals surface area contributed by atoms with Crippen molar-refractivity contribution in [2.45, 2.75) is 25.4 Å². The lowest BCUT2D eigenvalue weighted by Gasteiger charge is -2.35. The third-order valence-corrected chi connectivity index (χ3v) is 4.59. The molecule has 0 amide bonds. The summed E-state index contributed by atoms with van der Waals surface area (Å²) >= 11 is 1.79. The van der Waals surface area contributed by atoms with Gasteiger partial charge in [-0.25, -0.2) is 0 Å². The fourth-order valence-electron chi connectivity index (χ4n) is 2.58. The smallest absolute Gasteiger partial charge is 0.0555 e. The second-order valence-corrected chi connectivity index (χ2v) is 6.24. The summed E-state index contributed by atoms with van der Waals surface area (Å²) in [6.45, 7) is 3.82. The van der Waals surface area contributed by atoms with E-state index in [0.29, 0.717) is 12.6 Å². The Morgan fingerprint density at radius 1 is 1.58 bits per heavy atom. The average molecular weight is 277 g/mol. The Kier molecular flexibility index (Phi) is 5.41. The van der Waals surface area contributed by atoms with Crippen LogP contribution in [-0.4, -0.2) is 49.6 Å². The van der Waals surface area contributed by atoms with Crippen LogP contribution in [0, 0.1) is 11.8 Å². The molecule has 1 aliphatic heterocycles. The monoisotopic (exact) mass is 277 g/mol. The van der Waals surface area contributed by atoms with Crippen molar-refractivity contribution in [3.63, 3.8) is 0 Å². The minimum Gasteiger partial charge on any atom is -0.320 e. The normalized spacial score (nSPS) is 20.3. The van der Waals surface area contributed by atoms with E-state index in [1.54, 1.807) is 11.3 Å². The number of thiophene rings is 1. The molecular weight excluding hydrogens is 254 g/mol. The van der Waals surface area contributed by atoms with E-state index in [4.69, 9.17) is 5.73 Å². The summed E-state index contributed by atoms with van der Waals surface area (Å²) in [6.07, 6.45) is 2.60. The van der Waals surface area contributed by atoms with Crippen molar-refractivity contribution in [3.05, 3.63) is 21.9 Å². The van der Waals surface area contributed by atoms with Gasteiger partial charge in [0.05, 0.1) is 6.54 Å². The molecule has 4 heteroatoms. The zero-order valence-electron chi connectivity index (χ0n) is 11.9. The van der Waals surface area contributed by atoms with Gasteiger partial charge in [0.2, 0.25) is 0 Å². The third-order valence-electron chi connectivity index (χ3n) is 3.69. The Morgan fingerprint density at radius 2 is 2.42 bits per heavy atom. The molecule has 2 rings (SSSR count). The Hall–Kier alpha value is -0.860. The molecule has 2 N–H and O–H groups in total. The molecule has 1 aromatic heterocycles. The van der Waals surface area contributed by atoms with Gasteiger partial charge in [0, 0.05) is 29.6 Å². The SMILES string of the molecule is CN1CCCC(N(C)Cc2sccc2C#CCN)C1. The summed E-state index contributed by atoms with van der Waals surface area (Å²) in [5.74, 6) is 6.12. The molecule has 0 saturated carbocycles. The van der Waals surface area contributed by atoms with Crippen molar-refractivity contribution < 1.29 is 0 Å². The van der Waals surface area contributed by atoms with Crippen molar-refractivity contribution in [1.82, 2.24) is 9.80 Å². The molecule has 2 heterocycles. The van der Waals surface area contributed by atoms with Gasteiger partial charge in [0.15, 0.2) is 0 Å². The number of nitrogens with zero attached hydrogens (tertiary/aromatic N) is 2. The van der Waals surface area contributed by atoms with Crippen molar-refractivity contribution in [2.24, 2.45) is 5.73 Å². The largest absolute Gasteiger partial charge is 0.320 e. The van der Waals surface area contributed by atoms with E-state index in [9.17, 15) is 0 Å². The van der Waals surface area contributed by atoms with E-state index in [0.717, 1.165) is 12.1 Å². The summed E-state index contributed by atoms with van der Waals surface area (Å²) < 4.78 is 0. The second-order valence-electron chi connectivity index (χ2n) is 5.24. The average Bonchev–Trinajstić information content (AvgIpc) is 2.83. The topological polar surface area (TPSA) is 32.5 Å². The highest BCUT2D eigenvalue weighted by Gasteiger charge is 2.21. The Morgan fingerprint density at radius 3 is 3.16 bits per heavy atom. The summed E-state index contributed by atoms with van der Waals surface area (Å²) in [4.78, 5) is 6.25. The van der Waals surface area contributed by atoms with Crippen molar-refractivity contribution in [2.75, 3.05) is 33.7 Å². The van der Waals surface area contributed by atoms with Gasteiger partial charge >= 0.3 is 0 Å². The standard InChI is InChI=1S/C15H23N3S/c1-17-9-4-6-14(11-17)18(2)12-15-13(5-3-8-16)7-10-19-15/h7,10,14H,4,6,8-9,11-12,16H2,1-2H3. The van der Waals surface area contributed by atoms with Crippen LogP contribution in [-0.2, 0) is 6.54 Å². The summed E-state index contributed by atoms with van der Waals surface area (Å²) in [5.41, 5.74) is 6.59. The van der Waals surface area contributed by atoms with Gasteiger partial charge in [-0.1, -0.05) is 11.8 Å². The number of hydrogen-bond acceptors (Lipinski definition) is 4. The molecule has 3 nitrogen and oxygen atoms in total. The van der Waals surface area contributed by atoms with Gasteiger partial charge in [0.1, 0.15) is 0 Å². The van der Waals surface area contributed by atoms with Gasteiger partial charge in [-0.2, -0.15) is 0 Å². The Bertz CT molecular complexity index is 457. The van der Waals surface area contributed by atoms with Gasteiger partial charge in [-0.15, -0.1) is 11.3 Å². The van der Waals surface area contributed by atoms with Crippen LogP contribution in [0.4, 0.5) is 0 Å². The molecule has 0 aliphatic carbocycles. The van der Waals surface area contributed by atoms with Crippen molar-refractivity contribution in [1.29, 1.82) is 0 Å². The van der Waals surface area contributed by atoms with Crippen LogP contribution in [0.5, 0.6) is 0 Å². The van der Waals surface area contributed by atoms with Crippen LogP contribution in [0.25, 0.3) is 0 Å². The molecule has 0 bridgehead atoms. The first-order chi connectivity index (χ1) is 9.20. The maximum absolute atomic E-state index is 5.44. The molecule has 1 fully saturated rings. The number of piperidine rings is 1. The van der Waals surface area contributed by atoms with E-state index >= 15 is 0 Å². The number of rotatable bonds is 3. The Labute approximate surface area is 120 Å². The summed E-state index contributed by atoms with van der Waals surface area (Å²) in [5, 5.41) is 2.12. The molecule has 0 spiro atoms. The third kappa shape index (κ3) is 4.05. The Balaban J connectivity index is 1.98. The molecule has 1 aromatic rings. The predicted octanol–water partition coefficient (Wildman–Crippen LogP) is 1.58. The van der Waals surface area contributed by atoms with E-state index in [2.05, 4.69) is 47.2 Å². The van der Waals surface area contributed by atoms with Crippen molar-refractivity contribution >= 4 is 11.3 Å². The number of hydrogen-bond donors (Lipinski definition) is 1. The van der Waals surface area contributed by atoms with Gasteiger partial charge in [-0.3, -0.25) is 4.90 Å². The van der Waals surface area contributed by atoms with Crippen LogP contribution in [0.1, 0.15) is 23.3 Å². The van der Waals surface area contributed by atoms with Gasteiger partial charge in [-0.05, 0) is 44.9 Å². The molecule has 104 valence electrons. The lowest BCUT2D eigenvalue weighted by atomic mass is 10.0. The quantitative estimate of drug-likeness (QED) is 0.852.